The van der Waals surface area contributed by atoms with Crippen LogP contribution in [0.1, 0.15) is 0 Å². The maximum atomic E-state index is 10.3. The molecule has 1 aromatic heterocycles. The summed E-state index contributed by atoms with van der Waals surface area (Å²) in [5.41, 5.74) is 0. The van der Waals surface area contributed by atoms with E-state index in [1.165, 1.54) is 16.4 Å². The average Bonchev–Trinajstić information content (AvgIpc) is 2.36. The van der Waals surface area contributed by atoms with E-state index in [-0.39, 0.29) is 5.82 Å². The smallest absolute Gasteiger partial charge is 0.358 e. The van der Waals surface area contributed by atoms with Crippen LogP contribution in [0.4, 0.5) is 5.82 Å². The van der Waals surface area contributed by atoms with Crippen molar-refractivity contribution in [2.75, 3.05) is 6.26 Å². The van der Waals surface area contributed by atoms with E-state index in [2.05, 4.69) is 10.3 Å². The molecule has 0 atom stereocenters. The lowest BCUT2D eigenvalue weighted by Gasteiger charge is -1.93. The zero-order valence-corrected chi connectivity index (χ0v) is 6.61. The fourth-order valence-electron chi connectivity index (χ4n) is 0.608. The summed E-state index contributed by atoms with van der Waals surface area (Å²) >= 11 is 1.45. The zero-order valence-electron chi connectivity index (χ0n) is 5.80. The van der Waals surface area contributed by atoms with E-state index in [4.69, 9.17) is 0 Å². The molecule has 0 aliphatic carbocycles. The topological polar surface area (TPSA) is 73.8 Å². The maximum absolute atomic E-state index is 10.3. The standard InChI is InChI=1S/C4H6N4O2S/c1-11-3-7-4(8(9)10)2-5-6-7/h2H,3H2,1H3. The van der Waals surface area contributed by atoms with Crippen molar-refractivity contribution in [1.82, 2.24) is 15.0 Å². The van der Waals surface area contributed by atoms with Gasteiger partial charge in [0.05, 0.1) is 0 Å². The first-order valence-electron chi connectivity index (χ1n) is 2.77. The van der Waals surface area contributed by atoms with Gasteiger partial charge in [-0.25, -0.2) is 0 Å². The Hall–Kier alpha value is -1.11. The van der Waals surface area contributed by atoms with Crippen molar-refractivity contribution in [2.45, 2.75) is 5.88 Å². The second kappa shape index (κ2) is 3.33. The van der Waals surface area contributed by atoms with Gasteiger partial charge >= 0.3 is 5.82 Å². The van der Waals surface area contributed by atoms with Gasteiger partial charge in [0.25, 0.3) is 0 Å². The molecule has 0 bridgehead atoms. The SMILES string of the molecule is CSCn1nncc1[N+](=O)[O-]. The van der Waals surface area contributed by atoms with Crippen LogP contribution in [0, 0.1) is 10.1 Å². The number of aromatic nitrogens is 3. The zero-order chi connectivity index (χ0) is 8.27. The molecule has 0 radical (unpaired) electrons. The molecule has 1 aromatic rings. The molecule has 6 nitrogen and oxygen atoms in total. The molecule has 0 unspecified atom stereocenters. The van der Waals surface area contributed by atoms with Crippen LogP contribution in [-0.4, -0.2) is 26.2 Å². The van der Waals surface area contributed by atoms with Gasteiger partial charge in [-0.3, -0.25) is 0 Å². The van der Waals surface area contributed by atoms with E-state index in [0.717, 1.165) is 6.20 Å². The molecule has 0 aromatic carbocycles. The van der Waals surface area contributed by atoms with Crippen molar-refractivity contribution < 1.29 is 4.92 Å². The van der Waals surface area contributed by atoms with Gasteiger partial charge < -0.3 is 10.1 Å². The third-order valence-electron chi connectivity index (χ3n) is 1.04. The highest BCUT2D eigenvalue weighted by Crippen LogP contribution is 2.09. The van der Waals surface area contributed by atoms with Crippen molar-refractivity contribution in [3.63, 3.8) is 0 Å². The predicted molar refractivity (Wildman–Crippen MR) is 40.2 cm³/mol. The van der Waals surface area contributed by atoms with Crippen molar-refractivity contribution in [3.8, 4) is 0 Å². The fraction of sp³-hybridized carbons (Fsp3) is 0.500. The monoisotopic (exact) mass is 174 g/mol. The lowest BCUT2D eigenvalue weighted by Crippen LogP contribution is -2.02. The first-order valence-corrected chi connectivity index (χ1v) is 4.17. The maximum Gasteiger partial charge on any atom is 0.365 e. The van der Waals surface area contributed by atoms with Crippen LogP contribution >= 0.6 is 11.8 Å². The molecule has 1 rings (SSSR count). The molecule has 0 saturated heterocycles. The number of rotatable bonds is 3. The van der Waals surface area contributed by atoms with Crippen LogP contribution in [0.2, 0.25) is 0 Å². The third-order valence-corrected chi connectivity index (χ3v) is 1.54. The third kappa shape index (κ3) is 1.67. The number of nitro groups is 1. The molecule has 60 valence electrons. The normalized spacial score (nSPS) is 9.91. The van der Waals surface area contributed by atoms with Gasteiger partial charge in [0.15, 0.2) is 5.88 Å². The van der Waals surface area contributed by atoms with E-state index in [1.807, 2.05) is 6.26 Å². The minimum Gasteiger partial charge on any atom is -0.358 e. The second-order valence-electron chi connectivity index (χ2n) is 1.77. The average molecular weight is 174 g/mol. The summed E-state index contributed by atoms with van der Waals surface area (Å²) in [6.45, 7) is 0. The Labute approximate surface area is 66.7 Å². The van der Waals surface area contributed by atoms with Gasteiger partial charge in [-0.05, 0) is 11.2 Å². The van der Waals surface area contributed by atoms with Crippen molar-refractivity contribution in [2.24, 2.45) is 0 Å². The van der Waals surface area contributed by atoms with E-state index in [9.17, 15) is 10.1 Å². The molecule has 0 spiro atoms. The van der Waals surface area contributed by atoms with Gasteiger partial charge in [-0.15, -0.1) is 16.9 Å². The summed E-state index contributed by atoms with van der Waals surface area (Å²) in [7, 11) is 0. The lowest BCUT2D eigenvalue weighted by molar-refractivity contribution is -0.392. The molecule has 0 aliphatic heterocycles. The highest BCUT2D eigenvalue weighted by molar-refractivity contribution is 7.97. The fourth-order valence-corrected chi connectivity index (χ4v) is 1.04. The summed E-state index contributed by atoms with van der Waals surface area (Å²) in [6.07, 6.45) is 2.97. The number of hydrogen-bond donors (Lipinski definition) is 0. The highest BCUT2D eigenvalue weighted by atomic mass is 32.2. The second-order valence-corrected chi connectivity index (χ2v) is 2.60. The van der Waals surface area contributed by atoms with Crippen LogP contribution in [-0.2, 0) is 5.88 Å². The Morgan fingerprint density at radius 3 is 3.18 bits per heavy atom. The Morgan fingerprint density at radius 1 is 1.91 bits per heavy atom. The minimum atomic E-state index is -0.504. The van der Waals surface area contributed by atoms with E-state index in [0.29, 0.717) is 5.88 Å². The molecule has 1 heterocycles. The van der Waals surface area contributed by atoms with Gasteiger partial charge in [0.1, 0.15) is 6.20 Å². The number of hydrogen-bond acceptors (Lipinski definition) is 5. The number of nitrogens with zero attached hydrogens (tertiary/aromatic N) is 4. The molecule has 0 aliphatic rings. The van der Waals surface area contributed by atoms with Crippen LogP contribution < -0.4 is 0 Å². The quantitative estimate of drug-likeness (QED) is 0.493. The molecule has 0 amide bonds. The van der Waals surface area contributed by atoms with Crippen LogP contribution in [0.15, 0.2) is 6.20 Å². The van der Waals surface area contributed by atoms with Gasteiger partial charge in [-0.2, -0.15) is 0 Å². The highest BCUT2D eigenvalue weighted by Gasteiger charge is 2.13. The Morgan fingerprint density at radius 2 is 2.64 bits per heavy atom. The van der Waals surface area contributed by atoms with Gasteiger partial charge in [-0.1, -0.05) is 4.68 Å². The van der Waals surface area contributed by atoms with E-state index in [1.54, 1.807) is 0 Å². The Kier molecular flexibility index (Phi) is 2.42. The Bertz CT molecular complexity index is 260. The molecule has 7 heteroatoms. The van der Waals surface area contributed by atoms with Gasteiger partial charge in [0.2, 0.25) is 0 Å². The first kappa shape index (κ1) is 7.99. The van der Waals surface area contributed by atoms with Crippen LogP contribution in [0.25, 0.3) is 0 Å². The summed E-state index contributed by atoms with van der Waals surface area (Å²) in [5.74, 6) is 0.385. The molecule has 0 fully saturated rings. The van der Waals surface area contributed by atoms with Crippen molar-refractivity contribution >= 4 is 17.6 Å². The molecular formula is C4H6N4O2S. The summed E-state index contributed by atoms with van der Waals surface area (Å²) in [4.78, 5) is 9.75. The first-order chi connectivity index (χ1) is 5.25. The molecule has 0 N–H and O–H groups in total. The van der Waals surface area contributed by atoms with E-state index < -0.39 is 4.92 Å². The molecular weight excluding hydrogens is 168 g/mol. The lowest BCUT2D eigenvalue weighted by atomic mass is 10.8. The molecule has 11 heavy (non-hydrogen) atoms. The summed E-state index contributed by atoms with van der Waals surface area (Å²) in [5, 5.41) is 17.2. The van der Waals surface area contributed by atoms with Gasteiger partial charge in [0, 0.05) is 5.21 Å². The van der Waals surface area contributed by atoms with Crippen LogP contribution in [0.5, 0.6) is 0 Å². The van der Waals surface area contributed by atoms with Crippen molar-refractivity contribution in [3.05, 3.63) is 16.3 Å². The minimum absolute atomic E-state index is 0.0700. The van der Waals surface area contributed by atoms with E-state index >= 15 is 0 Å². The van der Waals surface area contributed by atoms with Crippen LogP contribution in [0.3, 0.4) is 0 Å². The largest absolute Gasteiger partial charge is 0.365 e. The predicted octanol–water partition coefficient (Wildman–Crippen LogP) is 0.507. The number of thioether (sulfide) groups is 1. The summed E-state index contributed by atoms with van der Waals surface area (Å²) < 4.78 is 1.24. The van der Waals surface area contributed by atoms with Crippen molar-refractivity contribution in [1.29, 1.82) is 0 Å². The molecule has 0 saturated carbocycles. The Balaban J connectivity index is 2.87. The summed E-state index contributed by atoms with van der Waals surface area (Å²) in [6, 6.07) is 0.